The highest BCUT2D eigenvalue weighted by molar-refractivity contribution is 7.12. The number of fused-ring (bicyclic) bond motifs is 3. The summed E-state index contributed by atoms with van der Waals surface area (Å²) in [5.74, 6) is 0.516. The lowest BCUT2D eigenvalue weighted by atomic mass is 9.97. The monoisotopic (exact) mass is 364 g/mol. The molecule has 130 valence electrons. The molecule has 2 aliphatic heterocycles. The third-order valence-electron chi connectivity index (χ3n) is 4.79. The van der Waals surface area contributed by atoms with Crippen LogP contribution in [0.3, 0.4) is 0 Å². The molecule has 5 nitrogen and oxygen atoms in total. The van der Waals surface area contributed by atoms with Crippen molar-refractivity contribution in [2.45, 2.75) is 18.7 Å². The van der Waals surface area contributed by atoms with Crippen LogP contribution in [0, 0.1) is 0 Å². The van der Waals surface area contributed by atoms with Crippen LogP contribution in [0.1, 0.15) is 34.7 Å². The standard InChI is InChI=1S/C20H16N2O3S/c23-16-8-7-12(10-17(16)24)20-22-15(13-4-1-2-5-18(13)25-20)11-14(21-22)19-6-3-9-26-19/h1-10,15,20,23-24H,11H2/t15-,20-/m0/s1. The van der Waals surface area contributed by atoms with E-state index >= 15 is 0 Å². The van der Waals surface area contributed by atoms with Crippen molar-refractivity contribution in [3.05, 3.63) is 76.0 Å². The predicted molar refractivity (Wildman–Crippen MR) is 99.6 cm³/mol. The molecule has 0 amide bonds. The molecule has 0 radical (unpaired) electrons. The van der Waals surface area contributed by atoms with Gasteiger partial charge in [-0.05, 0) is 35.7 Å². The minimum atomic E-state index is -0.459. The van der Waals surface area contributed by atoms with Crippen LogP contribution in [0.4, 0.5) is 0 Å². The number of hydrazone groups is 1. The van der Waals surface area contributed by atoms with Crippen LogP contribution in [0.15, 0.2) is 65.1 Å². The van der Waals surface area contributed by atoms with Crippen LogP contribution in [0.2, 0.25) is 0 Å². The van der Waals surface area contributed by atoms with E-state index in [9.17, 15) is 10.2 Å². The van der Waals surface area contributed by atoms with Crippen molar-refractivity contribution >= 4 is 17.0 Å². The van der Waals surface area contributed by atoms with Gasteiger partial charge in [0.25, 0.3) is 0 Å². The van der Waals surface area contributed by atoms with E-state index in [1.807, 2.05) is 29.3 Å². The molecule has 2 N–H and O–H groups in total. The highest BCUT2D eigenvalue weighted by Gasteiger charge is 2.41. The van der Waals surface area contributed by atoms with Gasteiger partial charge >= 0.3 is 0 Å². The quantitative estimate of drug-likeness (QED) is 0.662. The highest BCUT2D eigenvalue weighted by atomic mass is 32.1. The summed E-state index contributed by atoms with van der Waals surface area (Å²) in [4.78, 5) is 1.16. The Morgan fingerprint density at radius 1 is 1.04 bits per heavy atom. The summed E-state index contributed by atoms with van der Waals surface area (Å²) in [6, 6.07) is 16.9. The van der Waals surface area contributed by atoms with E-state index in [0.29, 0.717) is 0 Å². The van der Waals surface area contributed by atoms with Gasteiger partial charge < -0.3 is 14.9 Å². The van der Waals surface area contributed by atoms with Crippen molar-refractivity contribution in [1.82, 2.24) is 5.01 Å². The van der Waals surface area contributed by atoms with Gasteiger partial charge in [0.05, 0.1) is 16.6 Å². The molecular formula is C20H16N2O3S. The molecule has 5 rings (SSSR count). The van der Waals surface area contributed by atoms with Crippen LogP contribution in [-0.4, -0.2) is 20.9 Å². The number of phenolic OH excluding ortho intramolecular Hbond substituents is 2. The van der Waals surface area contributed by atoms with E-state index in [1.165, 1.54) is 12.1 Å². The third-order valence-corrected chi connectivity index (χ3v) is 5.71. The van der Waals surface area contributed by atoms with Crippen LogP contribution in [0.25, 0.3) is 0 Å². The minimum Gasteiger partial charge on any atom is -0.504 e. The number of benzene rings is 2. The lowest BCUT2D eigenvalue weighted by Gasteiger charge is -2.38. The fourth-order valence-corrected chi connectivity index (χ4v) is 4.26. The molecule has 26 heavy (non-hydrogen) atoms. The normalized spacial score (nSPS) is 20.9. The first-order chi connectivity index (χ1) is 12.7. The van der Waals surface area contributed by atoms with Crippen molar-refractivity contribution in [2.75, 3.05) is 0 Å². The lowest BCUT2D eigenvalue weighted by molar-refractivity contribution is -0.0191. The molecule has 2 atom stereocenters. The van der Waals surface area contributed by atoms with Crippen LogP contribution >= 0.6 is 11.3 Å². The van der Waals surface area contributed by atoms with Gasteiger partial charge in [-0.3, -0.25) is 0 Å². The molecule has 1 aromatic heterocycles. The average Bonchev–Trinajstić information content (AvgIpc) is 3.33. The molecule has 0 saturated carbocycles. The van der Waals surface area contributed by atoms with Crippen molar-refractivity contribution in [3.63, 3.8) is 0 Å². The zero-order valence-electron chi connectivity index (χ0n) is 13.7. The summed E-state index contributed by atoms with van der Waals surface area (Å²) in [5, 5.41) is 28.4. The Balaban J connectivity index is 1.61. The number of thiophene rings is 1. The second kappa shape index (κ2) is 5.78. The van der Waals surface area contributed by atoms with Crippen molar-refractivity contribution in [1.29, 1.82) is 0 Å². The molecular weight excluding hydrogens is 348 g/mol. The number of para-hydroxylation sites is 1. The number of hydrogen-bond acceptors (Lipinski definition) is 6. The maximum absolute atomic E-state index is 9.91. The Labute approximate surface area is 154 Å². The number of hydrogen-bond donors (Lipinski definition) is 2. The molecule has 0 spiro atoms. The SMILES string of the molecule is Oc1ccc([C@@H]2Oc3ccccc3[C@@H]3CC(c4cccs4)=NN32)cc1O. The fourth-order valence-electron chi connectivity index (χ4n) is 3.54. The highest BCUT2D eigenvalue weighted by Crippen LogP contribution is 2.48. The molecule has 2 aliphatic rings. The van der Waals surface area contributed by atoms with Crippen LogP contribution < -0.4 is 4.74 Å². The Bertz CT molecular complexity index is 1000. The fraction of sp³-hybridized carbons (Fsp3) is 0.150. The van der Waals surface area contributed by atoms with Gasteiger partial charge in [-0.15, -0.1) is 11.3 Å². The second-order valence-corrected chi connectivity index (χ2v) is 7.33. The Hall–Kier alpha value is -2.99. The van der Waals surface area contributed by atoms with Crippen molar-refractivity contribution in [3.8, 4) is 17.2 Å². The maximum Gasteiger partial charge on any atom is 0.214 e. The predicted octanol–water partition coefficient (Wildman–Crippen LogP) is 4.40. The van der Waals surface area contributed by atoms with Gasteiger partial charge in [-0.25, -0.2) is 5.01 Å². The first-order valence-electron chi connectivity index (χ1n) is 8.38. The molecule has 3 aromatic rings. The van der Waals surface area contributed by atoms with Gasteiger partial charge in [-0.2, -0.15) is 5.10 Å². The van der Waals surface area contributed by atoms with Gasteiger partial charge in [-0.1, -0.05) is 24.3 Å². The second-order valence-electron chi connectivity index (χ2n) is 6.38. The maximum atomic E-state index is 9.91. The van der Waals surface area contributed by atoms with E-state index < -0.39 is 6.23 Å². The molecule has 0 saturated heterocycles. The van der Waals surface area contributed by atoms with Crippen LogP contribution in [-0.2, 0) is 0 Å². The Morgan fingerprint density at radius 3 is 2.73 bits per heavy atom. The van der Waals surface area contributed by atoms with Gasteiger partial charge in [0, 0.05) is 17.5 Å². The third kappa shape index (κ3) is 2.34. The summed E-state index contributed by atoms with van der Waals surface area (Å²) in [7, 11) is 0. The largest absolute Gasteiger partial charge is 0.504 e. The van der Waals surface area contributed by atoms with Crippen molar-refractivity contribution in [2.24, 2.45) is 5.10 Å². The molecule has 0 aliphatic carbocycles. The van der Waals surface area contributed by atoms with E-state index in [2.05, 4.69) is 17.5 Å². The summed E-state index contributed by atoms with van der Waals surface area (Å²) in [6.45, 7) is 0. The summed E-state index contributed by atoms with van der Waals surface area (Å²) in [6.07, 6.45) is 0.348. The van der Waals surface area contributed by atoms with Gasteiger partial charge in [0.2, 0.25) is 6.23 Å². The minimum absolute atomic E-state index is 0.0815. The summed E-state index contributed by atoms with van der Waals surface area (Å²) < 4.78 is 6.22. The molecule has 2 aromatic carbocycles. The topological polar surface area (TPSA) is 65.3 Å². The first kappa shape index (κ1) is 15.3. The lowest BCUT2D eigenvalue weighted by Crippen LogP contribution is -2.33. The molecule has 6 heteroatoms. The zero-order chi connectivity index (χ0) is 17.7. The van der Waals surface area contributed by atoms with Gasteiger partial charge in [0.1, 0.15) is 5.75 Å². The number of ether oxygens (including phenoxy) is 1. The van der Waals surface area contributed by atoms with E-state index in [0.717, 1.165) is 33.9 Å². The van der Waals surface area contributed by atoms with Crippen LogP contribution in [0.5, 0.6) is 17.2 Å². The van der Waals surface area contributed by atoms with Gasteiger partial charge in [0.15, 0.2) is 11.5 Å². The smallest absolute Gasteiger partial charge is 0.214 e. The Kier molecular flexibility index (Phi) is 3.39. The number of aromatic hydroxyl groups is 2. The first-order valence-corrected chi connectivity index (χ1v) is 9.26. The average molecular weight is 364 g/mol. The Morgan fingerprint density at radius 2 is 1.92 bits per heavy atom. The van der Waals surface area contributed by atoms with E-state index in [-0.39, 0.29) is 17.5 Å². The number of rotatable bonds is 2. The molecule has 0 bridgehead atoms. The van der Waals surface area contributed by atoms with E-state index in [1.54, 1.807) is 17.4 Å². The number of nitrogens with zero attached hydrogens (tertiary/aromatic N) is 2. The van der Waals surface area contributed by atoms with Crippen molar-refractivity contribution < 1.29 is 14.9 Å². The zero-order valence-corrected chi connectivity index (χ0v) is 14.6. The summed E-state index contributed by atoms with van der Waals surface area (Å²) >= 11 is 1.68. The summed E-state index contributed by atoms with van der Waals surface area (Å²) in [5.41, 5.74) is 2.90. The molecule has 3 heterocycles. The molecule has 0 fully saturated rings. The van der Waals surface area contributed by atoms with E-state index in [4.69, 9.17) is 9.84 Å². The molecule has 0 unspecified atom stereocenters. The number of phenols is 2.